The highest BCUT2D eigenvalue weighted by Crippen LogP contribution is 2.28. The lowest BCUT2D eigenvalue weighted by molar-refractivity contribution is 0.0232. The summed E-state index contributed by atoms with van der Waals surface area (Å²) < 4.78 is 5.47. The minimum Gasteiger partial charge on any atom is -0.444 e. The van der Waals surface area contributed by atoms with Gasteiger partial charge < -0.3 is 15.0 Å². The normalized spacial score (nSPS) is 17.1. The molecule has 0 aromatic heterocycles. The molecule has 4 nitrogen and oxygen atoms in total. The first-order valence-corrected chi connectivity index (χ1v) is 7.56. The summed E-state index contributed by atoms with van der Waals surface area (Å²) in [6, 6.07) is 0.967. The molecule has 0 aliphatic heterocycles. The third-order valence-electron chi connectivity index (χ3n) is 3.30. The maximum Gasteiger partial charge on any atom is 0.410 e. The molecule has 1 N–H and O–H groups in total. The summed E-state index contributed by atoms with van der Waals surface area (Å²) in [5.41, 5.74) is -0.404. The first-order valence-electron chi connectivity index (χ1n) is 7.56. The molecule has 0 heterocycles. The lowest BCUT2D eigenvalue weighted by Gasteiger charge is -2.27. The molecular weight excluding hydrogens is 240 g/mol. The van der Waals surface area contributed by atoms with Gasteiger partial charge in [-0.2, -0.15) is 0 Å². The molecule has 1 fully saturated rings. The fraction of sp³-hybridized carbons (Fsp3) is 0.933. The molecular formula is C15H30N2O2. The molecule has 1 aliphatic carbocycles. The van der Waals surface area contributed by atoms with Crippen LogP contribution in [0.25, 0.3) is 0 Å². The van der Waals surface area contributed by atoms with E-state index in [0.717, 1.165) is 38.8 Å². The first kappa shape index (κ1) is 16.3. The number of ether oxygens (including phenoxy) is 1. The molecule has 1 amide bonds. The molecule has 1 aliphatic rings. The average Bonchev–Trinajstić information content (AvgIpc) is 3.10. The highest BCUT2D eigenvalue weighted by molar-refractivity contribution is 5.69. The number of hydrogen-bond acceptors (Lipinski definition) is 3. The molecule has 1 saturated carbocycles. The van der Waals surface area contributed by atoms with Crippen LogP contribution in [-0.2, 0) is 4.74 Å². The Balaban J connectivity index is 2.31. The maximum absolute atomic E-state index is 12.1. The van der Waals surface area contributed by atoms with Gasteiger partial charge in [0.05, 0.1) is 0 Å². The molecule has 0 aromatic rings. The average molecular weight is 270 g/mol. The van der Waals surface area contributed by atoms with Gasteiger partial charge in [0.2, 0.25) is 0 Å². The van der Waals surface area contributed by atoms with Crippen molar-refractivity contribution in [2.75, 3.05) is 13.1 Å². The van der Waals surface area contributed by atoms with E-state index in [9.17, 15) is 4.79 Å². The Morgan fingerprint density at radius 1 is 1.42 bits per heavy atom. The Bertz CT molecular complexity index is 282. The second-order valence-corrected chi connectivity index (χ2v) is 6.52. The minimum absolute atomic E-state index is 0.154. The Hall–Kier alpha value is -0.770. The number of rotatable bonds is 7. The molecule has 0 spiro atoms. The predicted molar refractivity (Wildman–Crippen MR) is 78.3 cm³/mol. The zero-order chi connectivity index (χ0) is 14.5. The zero-order valence-corrected chi connectivity index (χ0v) is 13.2. The number of amides is 1. The fourth-order valence-corrected chi connectivity index (χ4v) is 1.87. The maximum atomic E-state index is 12.1. The van der Waals surface area contributed by atoms with E-state index in [0.29, 0.717) is 12.1 Å². The number of nitrogens with zero attached hydrogens (tertiary/aromatic N) is 1. The Labute approximate surface area is 117 Å². The van der Waals surface area contributed by atoms with Crippen molar-refractivity contribution in [2.45, 2.75) is 78.0 Å². The van der Waals surface area contributed by atoms with Crippen LogP contribution in [0.2, 0.25) is 0 Å². The number of carbonyl (C=O) groups is 1. The van der Waals surface area contributed by atoms with Crippen molar-refractivity contribution in [1.82, 2.24) is 10.2 Å². The SMILES string of the molecule is CCC(C)NCCCN(C(=O)OC(C)(C)C)C1CC1. The number of hydrogen-bond donors (Lipinski definition) is 1. The van der Waals surface area contributed by atoms with E-state index in [1.807, 2.05) is 25.7 Å². The summed E-state index contributed by atoms with van der Waals surface area (Å²) in [5.74, 6) is 0. The third kappa shape index (κ3) is 6.81. The second kappa shape index (κ2) is 7.13. The van der Waals surface area contributed by atoms with E-state index < -0.39 is 5.60 Å². The molecule has 0 saturated heterocycles. The van der Waals surface area contributed by atoms with E-state index >= 15 is 0 Å². The van der Waals surface area contributed by atoms with Crippen molar-refractivity contribution in [3.05, 3.63) is 0 Å². The lowest BCUT2D eigenvalue weighted by atomic mass is 10.2. The second-order valence-electron chi connectivity index (χ2n) is 6.52. The molecule has 0 bridgehead atoms. The van der Waals surface area contributed by atoms with Crippen LogP contribution in [-0.4, -0.2) is 41.8 Å². The van der Waals surface area contributed by atoms with E-state index in [-0.39, 0.29) is 6.09 Å². The van der Waals surface area contributed by atoms with Crippen LogP contribution >= 0.6 is 0 Å². The van der Waals surface area contributed by atoms with Crippen LogP contribution in [0, 0.1) is 0 Å². The van der Waals surface area contributed by atoms with Crippen LogP contribution in [0.4, 0.5) is 4.79 Å². The van der Waals surface area contributed by atoms with Gasteiger partial charge in [0.1, 0.15) is 5.60 Å². The monoisotopic (exact) mass is 270 g/mol. The standard InChI is InChI=1S/C15H30N2O2/c1-6-12(2)16-10-7-11-17(13-8-9-13)14(18)19-15(3,4)5/h12-13,16H,6-11H2,1-5H3. The van der Waals surface area contributed by atoms with Gasteiger partial charge in [-0.3, -0.25) is 0 Å². The van der Waals surface area contributed by atoms with Crippen LogP contribution in [0.1, 0.15) is 60.3 Å². The summed E-state index contributed by atoms with van der Waals surface area (Å²) in [4.78, 5) is 14.0. The van der Waals surface area contributed by atoms with Gasteiger partial charge in [-0.25, -0.2) is 4.79 Å². The molecule has 0 radical (unpaired) electrons. The summed E-state index contributed by atoms with van der Waals surface area (Å²) in [7, 11) is 0. The van der Waals surface area contributed by atoms with Gasteiger partial charge in [0, 0.05) is 18.6 Å². The van der Waals surface area contributed by atoms with Crippen molar-refractivity contribution < 1.29 is 9.53 Å². The van der Waals surface area contributed by atoms with Crippen molar-refractivity contribution in [1.29, 1.82) is 0 Å². The van der Waals surface area contributed by atoms with Crippen molar-refractivity contribution in [3.8, 4) is 0 Å². The minimum atomic E-state index is -0.404. The Morgan fingerprint density at radius 3 is 2.53 bits per heavy atom. The van der Waals surface area contributed by atoms with Crippen LogP contribution in [0.15, 0.2) is 0 Å². The first-order chi connectivity index (χ1) is 8.83. The third-order valence-corrected chi connectivity index (χ3v) is 3.30. The summed E-state index contributed by atoms with van der Waals surface area (Å²) in [5, 5.41) is 3.46. The highest BCUT2D eigenvalue weighted by Gasteiger charge is 2.34. The molecule has 19 heavy (non-hydrogen) atoms. The number of carbonyl (C=O) groups excluding carboxylic acids is 1. The molecule has 1 rings (SSSR count). The summed E-state index contributed by atoms with van der Waals surface area (Å²) in [6.07, 6.45) is 4.22. The van der Waals surface area contributed by atoms with E-state index in [1.165, 1.54) is 0 Å². The van der Waals surface area contributed by atoms with E-state index in [1.54, 1.807) is 0 Å². The molecule has 112 valence electrons. The van der Waals surface area contributed by atoms with Gasteiger partial charge in [-0.05, 0) is 59.9 Å². The van der Waals surface area contributed by atoms with Gasteiger partial charge in [-0.1, -0.05) is 6.92 Å². The molecule has 1 atom stereocenters. The van der Waals surface area contributed by atoms with Crippen molar-refractivity contribution in [2.24, 2.45) is 0 Å². The summed E-state index contributed by atoms with van der Waals surface area (Å²) in [6.45, 7) is 11.9. The van der Waals surface area contributed by atoms with Crippen molar-refractivity contribution in [3.63, 3.8) is 0 Å². The fourth-order valence-electron chi connectivity index (χ4n) is 1.87. The summed E-state index contributed by atoms with van der Waals surface area (Å²) >= 11 is 0. The van der Waals surface area contributed by atoms with Crippen LogP contribution < -0.4 is 5.32 Å². The van der Waals surface area contributed by atoms with Gasteiger partial charge >= 0.3 is 6.09 Å². The largest absolute Gasteiger partial charge is 0.444 e. The van der Waals surface area contributed by atoms with Gasteiger partial charge in [-0.15, -0.1) is 0 Å². The molecule has 4 heteroatoms. The van der Waals surface area contributed by atoms with Gasteiger partial charge in [0.15, 0.2) is 0 Å². The molecule has 1 unspecified atom stereocenters. The van der Waals surface area contributed by atoms with Crippen molar-refractivity contribution >= 4 is 6.09 Å². The van der Waals surface area contributed by atoms with E-state index in [4.69, 9.17) is 4.74 Å². The lowest BCUT2D eigenvalue weighted by Crippen LogP contribution is -2.40. The molecule has 0 aromatic carbocycles. The number of nitrogens with one attached hydrogen (secondary N) is 1. The van der Waals surface area contributed by atoms with E-state index in [2.05, 4.69) is 19.2 Å². The Morgan fingerprint density at radius 2 is 2.05 bits per heavy atom. The van der Waals surface area contributed by atoms with Gasteiger partial charge in [0.25, 0.3) is 0 Å². The zero-order valence-electron chi connectivity index (χ0n) is 13.2. The topological polar surface area (TPSA) is 41.6 Å². The van der Waals surface area contributed by atoms with Crippen LogP contribution in [0.3, 0.4) is 0 Å². The smallest absolute Gasteiger partial charge is 0.410 e. The quantitative estimate of drug-likeness (QED) is 0.722. The van der Waals surface area contributed by atoms with Crippen LogP contribution in [0.5, 0.6) is 0 Å². The highest BCUT2D eigenvalue weighted by atomic mass is 16.6. The Kier molecular flexibility index (Phi) is 6.11. The predicted octanol–water partition coefficient (Wildman–Crippen LogP) is 3.16.